The molecule has 0 saturated carbocycles. The summed E-state index contributed by atoms with van der Waals surface area (Å²) in [5, 5.41) is 0. The number of halogens is 1. The normalized spacial score (nSPS) is 17.3. The monoisotopic (exact) mass is 334 g/mol. The van der Waals surface area contributed by atoms with Crippen LogP contribution in [0.2, 0.25) is 0 Å². The van der Waals surface area contributed by atoms with Gasteiger partial charge in [0, 0.05) is 43.3 Å². The molecule has 5 heteroatoms. The number of aromatic nitrogens is 3. The van der Waals surface area contributed by atoms with Crippen LogP contribution in [0.3, 0.4) is 0 Å². The third kappa shape index (κ3) is 3.28. The Morgan fingerprint density at radius 1 is 1.12 bits per heavy atom. The second-order valence-corrected chi connectivity index (χ2v) is 6.37. The molecule has 2 aromatic heterocycles. The Labute approximate surface area is 146 Å². The Hall–Kier alpha value is -2.66. The van der Waals surface area contributed by atoms with E-state index in [4.69, 9.17) is 0 Å². The average Bonchev–Trinajstić information content (AvgIpc) is 2.66. The molecule has 0 bridgehead atoms. The first kappa shape index (κ1) is 15.8. The van der Waals surface area contributed by atoms with Crippen LogP contribution in [0.15, 0.2) is 55.0 Å². The van der Waals surface area contributed by atoms with Crippen LogP contribution in [-0.2, 0) is 13.0 Å². The van der Waals surface area contributed by atoms with Gasteiger partial charge in [-0.15, -0.1) is 0 Å². The molecule has 3 heterocycles. The molecule has 126 valence electrons. The van der Waals surface area contributed by atoms with Gasteiger partial charge >= 0.3 is 0 Å². The van der Waals surface area contributed by atoms with Gasteiger partial charge in [0.15, 0.2) is 5.82 Å². The fourth-order valence-corrected chi connectivity index (χ4v) is 3.35. The van der Waals surface area contributed by atoms with Crippen LogP contribution < -0.4 is 0 Å². The Morgan fingerprint density at radius 2 is 1.96 bits per heavy atom. The van der Waals surface area contributed by atoms with Crippen LogP contribution >= 0.6 is 0 Å². The standard InChI is InChI=1S/C20H19FN4/c1-14-18-10-17(21)6-5-16(18)7-9-25(14)13-15-11-23-20(24-12-15)19-4-2-3-8-22-19/h2-6,8,10-12,14H,7,9,13H2,1H3. The molecule has 0 saturated heterocycles. The first-order chi connectivity index (χ1) is 12.2. The van der Waals surface area contributed by atoms with Crippen molar-refractivity contribution >= 4 is 0 Å². The van der Waals surface area contributed by atoms with Crippen molar-refractivity contribution in [3.05, 3.63) is 77.5 Å². The lowest BCUT2D eigenvalue weighted by Gasteiger charge is -2.35. The molecule has 1 atom stereocenters. The number of rotatable bonds is 3. The van der Waals surface area contributed by atoms with Gasteiger partial charge in [0.2, 0.25) is 0 Å². The van der Waals surface area contributed by atoms with E-state index < -0.39 is 0 Å². The number of fused-ring (bicyclic) bond motifs is 1. The molecule has 0 N–H and O–H groups in total. The van der Waals surface area contributed by atoms with Crippen molar-refractivity contribution in [1.82, 2.24) is 19.9 Å². The molecule has 25 heavy (non-hydrogen) atoms. The Morgan fingerprint density at radius 3 is 2.72 bits per heavy atom. The highest BCUT2D eigenvalue weighted by atomic mass is 19.1. The molecule has 1 aromatic carbocycles. The number of pyridine rings is 1. The zero-order valence-corrected chi connectivity index (χ0v) is 14.1. The van der Waals surface area contributed by atoms with E-state index in [9.17, 15) is 4.39 Å². The van der Waals surface area contributed by atoms with Crippen molar-refractivity contribution in [2.24, 2.45) is 0 Å². The summed E-state index contributed by atoms with van der Waals surface area (Å²) in [6.45, 7) is 3.82. The topological polar surface area (TPSA) is 41.9 Å². The highest BCUT2D eigenvalue weighted by molar-refractivity contribution is 5.47. The van der Waals surface area contributed by atoms with Gasteiger partial charge in [0.05, 0.1) is 0 Å². The van der Waals surface area contributed by atoms with Crippen LogP contribution in [0.5, 0.6) is 0 Å². The summed E-state index contributed by atoms with van der Waals surface area (Å²) in [5.74, 6) is 0.457. The maximum Gasteiger partial charge on any atom is 0.178 e. The van der Waals surface area contributed by atoms with Crippen molar-refractivity contribution in [2.45, 2.75) is 25.9 Å². The summed E-state index contributed by atoms with van der Waals surface area (Å²) in [4.78, 5) is 15.5. The fourth-order valence-electron chi connectivity index (χ4n) is 3.35. The van der Waals surface area contributed by atoms with Crippen LogP contribution in [0.1, 0.15) is 29.7 Å². The smallest absolute Gasteiger partial charge is 0.178 e. The zero-order chi connectivity index (χ0) is 17.2. The van der Waals surface area contributed by atoms with Gasteiger partial charge in [-0.3, -0.25) is 9.88 Å². The van der Waals surface area contributed by atoms with Gasteiger partial charge in [-0.25, -0.2) is 14.4 Å². The summed E-state index contributed by atoms with van der Waals surface area (Å²) >= 11 is 0. The summed E-state index contributed by atoms with van der Waals surface area (Å²) in [5.41, 5.74) is 4.14. The van der Waals surface area contributed by atoms with Crippen LogP contribution in [0, 0.1) is 5.82 Å². The predicted octanol–water partition coefficient (Wildman–Crippen LogP) is 3.80. The second kappa shape index (κ2) is 6.69. The lowest BCUT2D eigenvalue weighted by atomic mass is 9.93. The summed E-state index contributed by atoms with van der Waals surface area (Å²) in [7, 11) is 0. The van der Waals surface area contributed by atoms with Crippen molar-refractivity contribution in [3.8, 4) is 11.5 Å². The predicted molar refractivity (Wildman–Crippen MR) is 94.2 cm³/mol. The van der Waals surface area contributed by atoms with E-state index in [1.54, 1.807) is 18.3 Å². The van der Waals surface area contributed by atoms with Crippen molar-refractivity contribution in [2.75, 3.05) is 6.54 Å². The van der Waals surface area contributed by atoms with E-state index >= 15 is 0 Å². The minimum absolute atomic E-state index is 0.171. The number of hydrogen-bond donors (Lipinski definition) is 0. The third-order valence-corrected chi connectivity index (χ3v) is 4.76. The maximum atomic E-state index is 13.6. The SMILES string of the molecule is CC1c2cc(F)ccc2CCN1Cc1cnc(-c2ccccn2)nc1. The van der Waals surface area contributed by atoms with Crippen molar-refractivity contribution < 1.29 is 4.39 Å². The van der Waals surface area contributed by atoms with E-state index in [0.717, 1.165) is 36.3 Å². The molecule has 0 fully saturated rings. The molecule has 0 aliphatic carbocycles. The van der Waals surface area contributed by atoms with Crippen molar-refractivity contribution in [1.29, 1.82) is 0 Å². The molecule has 3 aromatic rings. The molecule has 0 amide bonds. The van der Waals surface area contributed by atoms with Crippen LogP contribution in [0.4, 0.5) is 4.39 Å². The van der Waals surface area contributed by atoms with Crippen molar-refractivity contribution in [3.63, 3.8) is 0 Å². The van der Waals surface area contributed by atoms with E-state index in [1.165, 1.54) is 5.56 Å². The summed E-state index contributed by atoms with van der Waals surface area (Å²) < 4.78 is 13.6. The minimum Gasteiger partial charge on any atom is -0.292 e. The highest BCUT2D eigenvalue weighted by Crippen LogP contribution is 2.31. The Kier molecular flexibility index (Phi) is 4.24. The van der Waals surface area contributed by atoms with E-state index in [1.807, 2.05) is 36.7 Å². The first-order valence-electron chi connectivity index (χ1n) is 8.45. The quantitative estimate of drug-likeness (QED) is 0.731. The molecular formula is C20H19FN4. The number of benzene rings is 1. The van der Waals surface area contributed by atoms with E-state index in [-0.39, 0.29) is 11.9 Å². The highest BCUT2D eigenvalue weighted by Gasteiger charge is 2.24. The Balaban J connectivity index is 1.51. The molecule has 1 unspecified atom stereocenters. The van der Waals surface area contributed by atoms with Gasteiger partial charge in [-0.2, -0.15) is 0 Å². The van der Waals surface area contributed by atoms with Gasteiger partial charge in [0.25, 0.3) is 0 Å². The molecule has 1 aliphatic heterocycles. The lowest BCUT2D eigenvalue weighted by molar-refractivity contribution is 0.189. The minimum atomic E-state index is -0.171. The molecule has 1 aliphatic rings. The van der Waals surface area contributed by atoms with Gasteiger partial charge < -0.3 is 0 Å². The summed E-state index contributed by atoms with van der Waals surface area (Å²) in [6, 6.07) is 11.0. The van der Waals surface area contributed by atoms with Crippen LogP contribution in [-0.4, -0.2) is 26.4 Å². The second-order valence-electron chi connectivity index (χ2n) is 6.37. The molecule has 0 spiro atoms. The molecule has 4 nitrogen and oxygen atoms in total. The van der Waals surface area contributed by atoms with E-state index in [2.05, 4.69) is 26.8 Å². The molecule has 0 radical (unpaired) electrons. The summed E-state index contributed by atoms with van der Waals surface area (Å²) in [6.07, 6.45) is 6.38. The van der Waals surface area contributed by atoms with Gasteiger partial charge in [0.1, 0.15) is 11.5 Å². The maximum absolute atomic E-state index is 13.6. The lowest BCUT2D eigenvalue weighted by Crippen LogP contribution is -2.33. The average molecular weight is 334 g/mol. The van der Waals surface area contributed by atoms with E-state index in [0.29, 0.717) is 5.82 Å². The molecular weight excluding hydrogens is 315 g/mol. The fraction of sp³-hybridized carbons (Fsp3) is 0.250. The Bertz CT molecular complexity index is 865. The van der Waals surface area contributed by atoms with Gasteiger partial charge in [-0.1, -0.05) is 12.1 Å². The number of nitrogens with zero attached hydrogens (tertiary/aromatic N) is 4. The van der Waals surface area contributed by atoms with Gasteiger partial charge in [-0.05, 0) is 48.7 Å². The largest absolute Gasteiger partial charge is 0.292 e. The first-order valence-corrected chi connectivity index (χ1v) is 8.45. The third-order valence-electron chi connectivity index (χ3n) is 4.76. The zero-order valence-electron chi connectivity index (χ0n) is 14.1. The number of hydrogen-bond acceptors (Lipinski definition) is 4. The van der Waals surface area contributed by atoms with Crippen LogP contribution in [0.25, 0.3) is 11.5 Å². The molecule has 4 rings (SSSR count).